The molecule has 1 spiro atoms. The SMILES string of the molecule is O=C1NC(=O)C2(CC(CCl)Oc3c([N+](=O)[O-])cc(F)cc32)N1. The predicted octanol–water partition coefficient (Wildman–Crippen LogP) is 1.16. The van der Waals surface area contributed by atoms with Crippen LogP contribution in [0, 0.1) is 15.9 Å². The van der Waals surface area contributed by atoms with Crippen LogP contribution in [0.5, 0.6) is 5.75 Å². The summed E-state index contributed by atoms with van der Waals surface area (Å²) in [6.07, 6.45) is -0.802. The molecule has 1 saturated heterocycles. The standard InChI is InChI=1S/C12H9ClFN3O5/c13-4-6-3-12(10(18)15-11(19)16-12)7-1-5(14)2-8(17(20)21)9(7)22-6/h1-2,6H,3-4H2,(H2,15,16,18,19). The lowest BCUT2D eigenvalue weighted by Gasteiger charge is -2.36. The Hall–Kier alpha value is -2.42. The van der Waals surface area contributed by atoms with Crippen molar-refractivity contribution < 1.29 is 23.6 Å². The Morgan fingerprint density at radius 3 is 2.77 bits per heavy atom. The first-order valence-corrected chi connectivity index (χ1v) is 6.75. The maximum absolute atomic E-state index is 13.7. The lowest BCUT2D eigenvalue weighted by molar-refractivity contribution is -0.386. The van der Waals surface area contributed by atoms with Gasteiger partial charge in [0.1, 0.15) is 11.9 Å². The predicted molar refractivity (Wildman–Crippen MR) is 71.2 cm³/mol. The molecule has 2 N–H and O–H groups in total. The van der Waals surface area contributed by atoms with Gasteiger partial charge in [0.25, 0.3) is 5.91 Å². The number of rotatable bonds is 2. The number of carbonyl (C=O) groups excluding carboxylic acids is 2. The summed E-state index contributed by atoms with van der Waals surface area (Å²) in [6, 6.07) is 0.869. The second-order valence-corrected chi connectivity index (χ2v) is 5.28. The fourth-order valence-corrected chi connectivity index (χ4v) is 2.90. The molecule has 10 heteroatoms. The van der Waals surface area contributed by atoms with Gasteiger partial charge in [-0.25, -0.2) is 9.18 Å². The van der Waals surface area contributed by atoms with E-state index < -0.39 is 40.0 Å². The number of carbonyl (C=O) groups is 2. The summed E-state index contributed by atoms with van der Waals surface area (Å²) in [5, 5.41) is 15.6. The highest BCUT2D eigenvalue weighted by Crippen LogP contribution is 2.46. The largest absolute Gasteiger partial charge is 0.482 e. The number of imide groups is 1. The number of fused-ring (bicyclic) bond motifs is 2. The molecule has 1 aromatic carbocycles. The molecule has 0 bridgehead atoms. The lowest BCUT2D eigenvalue weighted by atomic mass is 9.81. The number of benzene rings is 1. The maximum Gasteiger partial charge on any atom is 0.322 e. The molecule has 2 atom stereocenters. The van der Waals surface area contributed by atoms with Crippen molar-refractivity contribution in [2.45, 2.75) is 18.1 Å². The fraction of sp³-hybridized carbons (Fsp3) is 0.333. The molecule has 3 amide bonds. The van der Waals surface area contributed by atoms with Crippen LogP contribution in [0.15, 0.2) is 12.1 Å². The minimum Gasteiger partial charge on any atom is -0.482 e. The highest BCUT2D eigenvalue weighted by molar-refractivity contribution is 6.18. The van der Waals surface area contributed by atoms with E-state index >= 15 is 0 Å². The molecule has 1 fully saturated rings. The Kier molecular flexibility index (Phi) is 3.17. The van der Waals surface area contributed by atoms with E-state index in [9.17, 15) is 24.1 Å². The average molecular weight is 330 g/mol. The van der Waals surface area contributed by atoms with Crippen molar-refractivity contribution in [1.82, 2.24) is 10.6 Å². The second kappa shape index (κ2) is 4.80. The van der Waals surface area contributed by atoms with Crippen LogP contribution in [0.2, 0.25) is 0 Å². The minimum atomic E-state index is -1.63. The third kappa shape index (κ3) is 1.97. The molecule has 1 aromatic rings. The van der Waals surface area contributed by atoms with Crippen molar-refractivity contribution >= 4 is 29.2 Å². The molecule has 0 saturated carbocycles. The maximum atomic E-state index is 13.7. The van der Waals surface area contributed by atoms with Crippen LogP contribution in [0.25, 0.3) is 0 Å². The number of halogens is 2. The van der Waals surface area contributed by atoms with Gasteiger partial charge in [-0.1, -0.05) is 0 Å². The Morgan fingerprint density at radius 1 is 1.50 bits per heavy atom. The van der Waals surface area contributed by atoms with Crippen molar-refractivity contribution in [3.8, 4) is 5.75 Å². The number of nitrogens with zero attached hydrogens (tertiary/aromatic N) is 1. The Morgan fingerprint density at radius 2 is 2.23 bits per heavy atom. The molecular formula is C12H9ClFN3O5. The Labute approximate surface area is 127 Å². The minimum absolute atomic E-state index is 0.0539. The normalized spacial score (nSPS) is 26.2. The van der Waals surface area contributed by atoms with Crippen LogP contribution in [0.1, 0.15) is 12.0 Å². The monoisotopic (exact) mass is 329 g/mol. The summed E-state index contributed by atoms with van der Waals surface area (Å²) in [5.41, 5.74) is -2.35. The lowest BCUT2D eigenvalue weighted by Crippen LogP contribution is -2.51. The van der Waals surface area contributed by atoms with E-state index in [0.29, 0.717) is 6.07 Å². The van der Waals surface area contributed by atoms with Gasteiger partial charge in [-0.05, 0) is 6.07 Å². The van der Waals surface area contributed by atoms with E-state index in [1.165, 1.54) is 0 Å². The summed E-state index contributed by atoms with van der Waals surface area (Å²) < 4.78 is 19.2. The number of ether oxygens (including phenoxy) is 1. The van der Waals surface area contributed by atoms with Gasteiger partial charge in [-0.3, -0.25) is 20.2 Å². The quantitative estimate of drug-likeness (QED) is 0.366. The zero-order chi connectivity index (χ0) is 16.1. The van der Waals surface area contributed by atoms with Gasteiger partial charge in [0.2, 0.25) is 5.75 Å². The molecule has 0 radical (unpaired) electrons. The van der Waals surface area contributed by atoms with E-state index in [2.05, 4.69) is 10.6 Å². The van der Waals surface area contributed by atoms with Crippen LogP contribution >= 0.6 is 11.6 Å². The number of nitro benzene ring substituents is 1. The van der Waals surface area contributed by atoms with Gasteiger partial charge in [0.05, 0.1) is 16.9 Å². The van der Waals surface area contributed by atoms with E-state index in [-0.39, 0.29) is 23.6 Å². The zero-order valence-electron chi connectivity index (χ0n) is 10.9. The van der Waals surface area contributed by atoms with Crippen molar-refractivity contribution in [3.63, 3.8) is 0 Å². The van der Waals surface area contributed by atoms with Crippen LogP contribution in [0.3, 0.4) is 0 Å². The van der Waals surface area contributed by atoms with Gasteiger partial charge in [-0.15, -0.1) is 11.6 Å². The summed E-state index contributed by atoms with van der Waals surface area (Å²) in [4.78, 5) is 34.0. The third-order valence-electron chi connectivity index (χ3n) is 3.62. The van der Waals surface area contributed by atoms with Crippen LogP contribution in [-0.2, 0) is 10.3 Å². The van der Waals surface area contributed by atoms with E-state index in [0.717, 1.165) is 6.07 Å². The highest BCUT2D eigenvalue weighted by Gasteiger charge is 2.54. The second-order valence-electron chi connectivity index (χ2n) is 4.97. The first kappa shape index (κ1) is 14.5. The molecule has 0 aromatic heterocycles. The summed E-state index contributed by atoms with van der Waals surface area (Å²) in [6.45, 7) is 0. The topological polar surface area (TPSA) is 111 Å². The smallest absolute Gasteiger partial charge is 0.322 e. The first-order chi connectivity index (χ1) is 10.4. The number of nitro groups is 1. The molecule has 0 aliphatic carbocycles. The van der Waals surface area contributed by atoms with E-state index in [4.69, 9.17) is 16.3 Å². The Bertz CT molecular complexity index is 712. The number of urea groups is 1. The molecule has 2 unspecified atom stereocenters. The van der Waals surface area contributed by atoms with Gasteiger partial charge >= 0.3 is 11.7 Å². The van der Waals surface area contributed by atoms with E-state index in [1.54, 1.807) is 0 Å². The molecule has 22 heavy (non-hydrogen) atoms. The van der Waals surface area contributed by atoms with Crippen molar-refractivity contribution in [2.24, 2.45) is 0 Å². The van der Waals surface area contributed by atoms with Crippen molar-refractivity contribution in [3.05, 3.63) is 33.6 Å². The molecule has 116 valence electrons. The molecule has 2 heterocycles. The number of alkyl halides is 1. The van der Waals surface area contributed by atoms with Crippen LogP contribution in [-0.4, -0.2) is 28.8 Å². The van der Waals surface area contributed by atoms with Gasteiger partial charge < -0.3 is 10.1 Å². The summed E-state index contributed by atoms with van der Waals surface area (Å²) >= 11 is 5.74. The van der Waals surface area contributed by atoms with Gasteiger partial charge in [0, 0.05) is 12.0 Å². The van der Waals surface area contributed by atoms with E-state index in [1.807, 2.05) is 0 Å². The van der Waals surface area contributed by atoms with Crippen molar-refractivity contribution in [1.29, 1.82) is 0 Å². The summed E-state index contributed by atoms with van der Waals surface area (Å²) in [7, 11) is 0. The fourth-order valence-electron chi connectivity index (χ4n) is 2.73. The highest BCUT2D eigenvalue weighted by atomic mass is 35.5. The van der Waals surface area contributed by atoms with Gasteiger partial charge in [-0.2, -0.15) is 0 Å². The Balaban J connectivity index is 2.27. The number of hydrogen-bond donors (Lipinski definition) is 2. The molecule has 2 aliphatic rings. The molecule has 3 rings (SSSR count). The molecule has 2 aliphatic heterocycles. The van der Waals surface area contributed by atoms with Gasteiger partial charge in [0.15, 0.2) is 5.54 Å². The first-order valence-electron chi connectivity index (χ1n) is 6.22. The third-order valence-corrected chi connectivity index (χ3v) is 3.97. The number of hydrogen-bond acceptors (Lipinski definition) is 5. The van der Waals surface area contributed by atoms with Crippen LogP contribution in [0.4, 0.5) is 14.9 Å². The summed E-state index contributed by atoms with van der Waals surface area (Å²) in [5.74, 6) is -1.96. The van der Waals surface area contributed by atoms with Crippen LogP contribution < -0.4 is 15.4 Å². The van der Waals surface area contributed by atoms with Crippen molar-refractivity contribution in [2.75, 3.05) is 5.88 Å². The average Bonchev–Trinajstić information content (AvgIpc) is 2.73. The number of nitrogens with one attached hydrogen (secondary N) is 2. The molecular weight excluding hydrogens is 321 g/mol. The number of amides is 3. The molecule has 8 nitrogen and oxygen atoms in total. The zero-order valence-corrected chi connectivity index (χ0v) is 11.6.